The van der Waals surface area contributed by atoms with Gasteiger partial charge in [0.15, 0.2) is 0 Å². The van der Waals surface area contributed by atoms with E-state index < -0.39 is 0 Å². The number of aromatic nitrogens is 4. The minimum absolute atomic E-state index is 0.00544. The number of hydrogen-bond donors (Lipinski definition) is 2. The van der Waals surface area contributed by atoms with Crippen LogP contribution in [-0.2, 0) is 30.2 Å². The fourth-order valence-corrected chi connectivity index (χ4v) is 6.27. The maximum Gasteiger partial charge on any atom is 0.106 e. The highest BCUT2D eigenvalue weighted by Gasteiger charge is 2.30. The van der Waals surface area contributed by atoms with Crippen molar-refractivity contribution in [3.8, 4) is 0 Å². The largest absolute Gasteiger partial charge is 0.355 e. The molecule has 0 saturated carbocycles. The molecule has 0 unspecified atom stereocenters. The van der Waals surface area contributed by atoms with Crippen LogP contribution in [0.3, 0.4) is 0 Å². The summed E-state index contributed by atoms with van der Waals surface area (Å²) < 4.78 is 1.06. The van der Waals surface area contributed by atoms with Gasteiger partial charge in [-0.1, -0.05) is 41.5 Å². The molecule has 2 aliphatic rings. The minimum Gasteiger partial charge on any atom is -0.355 e. The van der Waals surface area contributed by atoms with E-state index in [2.05, 4.69) is 101 Å². The molecule has 5 rings (SSSR count). The first-order chi connectivity index (χ1) is 17.5. The van der Waals surface area contributed by atoms with E-state index in [1.165, 1.54) is 37.0 Å². The van der Waals surface area contributed by atoms with E-state index in [0.717, 1.165) is 63.2 Å². The molecular weight excluding hydrogens is 454 g/mol. The lowest BCUT2D eigenvalue weighted by Crippen LogP contribution is -2.44. The second-order valence-corrected chi connectivity index (χ2v) is 12.9. The van der Waals surface area contributed by atoms with Crippen molar-refractivity contribution in [2.45, 2.75) is 84.6 Å². The first-order valence-corrected chi connectivity index (χ1v) is 14.0. The van der Waals surface area contributed by atoms with Gasteiger partial charge in [0, 0.05) is 74.1 Å². The van der Waals surface area contributed by atoms with Crippen molar-refractivity contribution < 1.29 is 4.48 Å². The fraction of sp³-hybridized carbons (Fsp3) is 0.500. The average molecular weight is 499 g/mol. The number of rotatable bonds is 6. The van der Waals surface area contributed by atoms with Gasteiger partial charge in [-0.2, -0.15) is 0 Å². The summed E-state index contributed by atoms with van der Waals surface area (Å²) in [5, 5.41) is 0. The second-order valence-electron chi connectivity index (χ2n) is 12.9. The van der Waals surface area contributed by atoms with Crippen LogP contribution in [0.1, 0.15) is 82.7 Å². The zero-order chi connectivity index (χ0) is 26.4. The van der Waals surface area contributed by atoms with Crippen molar-refractivity contribution in [1.29, 1.82) is 0 Å². The average Bonchev–Trinajstić information content (AvgIpc) is 3.51. The van der Waals surface area contributed by atoms with Gasteiger partial charge in [0.2, 0.25) is 0 Å². The van der Waals surface area contributed by atoms with Crippen LogP contribution in [0.4, 0.5) is 0 Å². The normalized spacial score (nSPS) is 16.7. The van der Waals surface area contributed by atoms with Crippen molar-refractivity contribution in [2.75, 3.05) is 20.1 Å². The van der Waals surface area contributed by atoms with Crippen molar-refractivity contribution in [3.05, 3.63) is 70.8 Å². The Morgan fingerprint density at radius 2 is 1.27 bits per heavy atom. The third-order valence-corrected chi connectivity index (χ3v) is 8.14. The number of fused-ring (bicyclic) bond motifs is 8. The predicted octanol–water partition coefficient (Wildman–Crippen LogP) is 7.12. The van der Waals surface area contributed by atoms with E-state index in [0.29, 0.717) is 0 Å². The molecule has 196 valence electrons. The van der Waals surface area contributed by atoms with Gasteiger partial charge in [-0.15, -0.1) is 0 Å². The topological polar surface area (TPSA) is 57.4 Å². The molecule has 8 bridgehead atoms. The molecule has 0 spiro atoms. The molecule has 0 saturated heterocycles. The van der Waals surface area contributed by atoms with Crippen LogP contribution in [0, 0.1) is 0 Å². The zero-order valence-corrected chi connectivity index (χ0v) is 23.8. The fourth-order valence-electron chi connectivity index (χ4n) is 6.27. The summed E-state index contributed by atoms with van der Waals surface area (Å²) in [6.07, 6.45) is 4.25. The number of nitrogens with one attached hydrogen (secondary N) is 2. The molecule has 0 fully saturated rings. The zero-order valence-electron chi connectivity index (χ0n) is 23.8. The second kappa shape index (κ2) is 9.43. The molecule has 0 aromatic carbocycles. The van der Waals surface area contributed by atoms with Crippen molar-refractivity contribution in [1.82, 2.24) is 19.9 Å². The van der Waals surface area contributed by atoms with E-state index in [4.69, 9.17) is 9.97 Å². The lowest BCUT2D eigenvalue weighted by atomic mass is 9.87. The van der Waals surface area contributed by atoms with E-state index in [9.17, 15) is 0 Å². The summed E-state index contributed by atoms with van der Waals surface area (Å²) in [5.74, 6) is 0. The summed E-state index contributed by atoms with van der Waals surface area (Å²) >= 11 is 0. The van der Waals surface area contributed by atoms with E-state index in [1.54, 1.807) is 0 Å². The van der Waals surface area contributed by atoms with Crippen LogP contribution in [0.2, 0.25) is 0 Å². The van der Waals surface area contributed by atoms with Gasteiger partial charge in [-0.05, 0) is 55.3 Å². The molecule has 0 radical (unpaired) electrons. The monoisotopic (exact) mass is 498 g/mol. The van der Waals surface area contributed by atoms with E-state index >= 15 is 0 Å². The third kappa shape index (κ3) is 5.38. The standard InChI is InChI=1S/C32H44N5/c1-8-12-37(7,13-9-2)21-22-14-25-18-30-31(3,4)19-26(35-30)15-23-10-11-24(33-23)17-29-32(5,6)20-27(36-29)16-28(22)34-25/h10-11,14-18,33-34H,8-9,12-13,19-21H2,1-7H3/q+1. The summed E-state index contributed by atoms with van der Waals surface area (Å²) in [4.78, 5) is 17.6. The van der Waals surface area contributed by atoms with E-state index in [-0.39, 0.29) is 10.8 Å². The summed E-state index contributed by atoms with van der Waals surface area (Å²) in [7, 11) is 2.41. The Morgan fingerprint density at radius 1 is 0.730 bits per heavy atom. The maximum atomic E-state index is 5.14. The molecular formula is C32H44N5+. The quantitative estimate of drug-likeness (QED) is 0.355. The molecule has 5 heteroatoms. The van der Waals surface area contributed by atoms with Gasteiger partial charge in [0.05, 0.1) is 20.1 Å². The summed E-state index contributed by atoms with van der Waals surface area (Å²) in [6.45, 7) is 17.2. The highest BCUT2D eigenvalue weighted by atomic mass is 15.3. The maximum absolute atomic E-state index is 5.14. The van der Waals surface area contributed by atoms with Gasteiger partial charge >= 0.3 is 0 Å². The van der Waals surface area contributed by atoms with Gasteiger partial charge < -0.3 is 14.5 Å². The summed E-state index contributed by atoms with van der Waals surface area (Å²) in [5.41, 5.74) is 10.4. The molecule has 5 heterocycles. The van der Waals surface area contributed by atoms with Crippen molar-refractivity contribution in [3.63, 3.8) is 0 Å². The third-order valence-electron chi connectivity index (χ3n) is 8.14. The lowest BCUT2D eigenvalue weighted by molar-refractivity contribution is -0.922. The van der Waals surface area contributed by atoms with Gasteiger partial charge in [-0.3, -0.25) is 9.97 Å². The highest BCUT2D eigenvalue weighted by Crippen LogP contribution is 2.33. The Morgan fingerprint density at radius 3 is 1.86 bits per heavy atom. The molecule has 0 atom stereocenters. The van der Waals surface area contributed by atoms with E-state index in [1.807, 2.05) is 0 Å². The Hall–Kier alpha value is -2.92. The highest BCUT2D eigenvalue weighted by molar-refractivity contribution is 5.66. The van der Waals surface area contributed by atoms with Crippen molar-refractivity contribution in [2.24, 2.45) is 0 Å². The van der Waals surface area contributed by atoms with Crippen molar-refractivity contribution >= 4 is 22.1 Å². The molecule has 2 N–H and O–H groups in total. The molecule has 37 heavy (non-hydrogen) atoms. The van der Waals surface area contributed by atoms with Gasteiger partial charge in [0.1, 0.15) is 6.54 Å². The van der Waals surface area contributed by atoms with Crippen LogP contribution in [-0.4, -0.2) is 44.6 Å². The van der Waals surface area contributed by atoms with Gasteiger partial charge in [0.25, 0.3) is 0 Å². The number of hydrogen-bond acceptors (Lipinski definition) is 2. The number of nitrogens with zero attached hydrogens (tertiary/aromatic N) is 3. The Balaban J connectivity index is 1.78. The van der Waals surface area contributed by atoms with Crippen LogP contribution in [0.5, 0.6) is 0 Å². The minimum atomic E-state index is -0.00544. The Kier molecular flexibility index (Phi) is 6.56. The van der Waals surface area contributed by atoms with Crippen LogP contribution >= 0.6 is 0 Å². The smallest absolute Gasteiger partial charge is 0.106 e. The van der Waals surface area contributed by atoms with Crippen LogP contribution in [0.15, 0.2) is 42.5 Å². The molecule has 0 amide bonds. The number of H-pyrrole nitrogens is 2. The Labute approximate surface area is 222 Å². The number of aromatic amines is 2. The van der Waals surface area contributed by atoms with Crippen LogP contribution < -0.4 is 0 Å². The number of quaternary nitrogens is 1. The predicted molar refractivity (Wildman–Crippen MR) is 155 cm³/mol. The molecule has 3 aromatic rings. The first kappa shape index (κ1) is 25.7. The lowest BCUT2D eigenvalue weighted by Gasteiger charge is -2.34. The molecule has 2 aliphatic heterocycles. The molecule has 5 nitrogen and oxygen atoms in total. The first-order valence-electron chi connectivity index (χ1n) is 14.0. The Bertz CT molecular complexity index is 1450. The SMILES string of the molecule is CCC[N+](C)(CCC)Cc1cc2cc3nc(cc4ccc(cc5nc(cc1[nH]2)CC5(C)C)[nH]4)CC3(C)C. The summed E-state index contributed by atoms with van der Waals surface area (Å²) in [6, 6.07) is 15.6. The molecule has 0 aliphatic carbocycles. The van der Waals surface area contributed by atoms with Gasteiger partial charge in [-0.25, -0.2) is 0 Å². The van der Waals surface area contributed by atoms with Crippen LogP contribution in [0.25, 0.3) is 22.1 Å². The molecule has 3 aromatic heterocycles.